The summed E-state index contributed by atoms with van der Waals surface area (Å²) in [7, 11) is -3.61. The quantitative estimate of drug-likeness (QED) is 0.702. The molecule has 0 saturated heterocycles. The van der Waals surface area contributed by atoms with Crippen LogP contribution in [0.4, 0.5) is 0 Å². The smallest absolute Gasteiger partial charge is 0.254 e. The maximum Gasteiger partial charge on any atom is 0.254 e. The van der Waals surface area contributed by atoms with Crippen molar-refractivity contribution in [3.05, 3.63) is 51.2 Å². The van der Waals surface area contributed by atoms with E-state index in [2.05, 4.69) is 18.4 Å². The number of carbonyl (C=O) groups is 1. The molecule has 1 aromatic heterocycles. The highest BCUT2D eigenvalue weighted by Crippen LogP contribution is 2.36. The molecule has 3 rings (SSSR count). The van der Waals surface area contributed by atoms with Crippen LogP contribution in [0, 0.1) is 6.92 Å². The van der Waals surface area contributed by atoms with Gasteiger partial charge in [0.05, 0.1) is 10.9 Å². The van der Waals surface area contributed by atoms with Crippen LogP contribution in [-0.4, -0.2) is 43.2 Å². The van der Waals surface area contributed by atoms with Crippen LogP contribution in [0.1, 0.15) is 59.6 Å². The number of carbonyl (C=O) groups excluding carboxylic acids is 1. The van der Waals surface area contributed by atoms with Crippen molar-refractivity contribution in [2.24, 2.45) is 0 Å². The lowest BCUT2D eigenvalue weighted by Crippen LogP contribution is -2.39. The van der Waals surface area contributed by atoms with E-state index in [0.29, 0.717) is 30.8 Å². The lowest BCUT2D eigenvalue weighted by molar-refractivity contribution is 0.0657. The van der Waals surface area contributed by atoms with Gasteiger partial charge in [-0.25, -0.2) is 8.42 Å². The van der Waals surface area contributed by atoms with Gasteiger partial charge in [0.25, 0.3) is 5.91 Å². The highest BCUT2D eigenvalue weighted by atomic mass is 32.2. The van der Waals surface area contributed by atoms with Gasteiger partial charge in [0.1, 0.15) is 0 Å². The van der Waals surface area contributed by atoms with Crippen LogP contribution in [-0.2, 0) is 16.4 Å². The summed E-state index contributed by atoms with van der Waals surface area (Å²) in [5, 5.41) is 2.09. The van der Waals surface area contributed by atoms with Crippen LogP contribution >= 0.6 is 11.3 Å². The van der Waals surface area contributed by atoms with Crippen LogP contribution in [0.3, 0.4) is 0 Å². The van der Waals surface area contributed by atoms with Gasteiger partial charge >= 0.3 is 0 Å². The van der Waals surface area contributed by atoms with Crippen molar-refractivity contribution in [2.45, 2.75) is 51.5 Å². The number of sulfonamides is 1. The second-order valence-corrected chi connectivity index (χ2v) is 9.95. The molecule has 0 aliphatic carbocycles. The Morgan fingerprint density at radius 3 is 2.57 bits per heavy atom. The Balaban J connectivity index is 1.98. The molecule has 1 amide bonds. The molecule has 28 heavy (non-hydrogen) atoms. The zero-order chi connectivity index (χ0) is 20.5. The fraction of sp³-hybridized carbons (Fsp3) is 0.476. The van der Waals surface area contributed by atoms with Crippen molar-refractivity contribution in [1.82, 2.24) is 9.21 Å². The molecule has 2 heterocycles. The van der Waals surface area contributed by atoms with Crippen molar-refractivity contribution in [3.8, 4) is 0 Å². The lowest BCUT2D eigenvalue weighted by Gasteiger charge is -2.35. The monoisotopic (exact) mass is 420 g/mol. The third kappa shape index (κ3) is 3.63. The number of hydrogen-bond donors (Lipinski definition) is 0. The summed E-state index contributed by atoms with van der Waals surface area (Å²) < 4.78 is 27.5. The normalized spacial score (nSPS) is 17.0. The average molecular weight is 421 g/mol. The minimum Gasteiger partial charge on any atom is -0.331 e. The third-order valence-electron chi connectivity index (χ3n) is 5.50. The van der Waals surface area contributed by atoms with E-state index in [1.165, 1.54) is 14.7 Å². The van der Waals surface area contributed by atoms with E-state index < -0.39 is 10.0 Å². The molecular formula is C21H28N2O3S2. The van der Waals surface area contributed by atoms with Gasteiger partial charge in [-0.05, 0) is 54.5 Å². The zero-order valence-corrected chi connectivity index (χ0v) is 18.6. The van der Waals surface area contributed by atoms with Crippen LogP contribution < -0.4 is 0 Å². The Hall–Kier alpha value is -1.70. The van der Waals surface area contributed by atoms with Crippen molar-refractivity contribution in [2.75, 3.05) is 19.6 Å². The van der Waals surface area contributed by atoms with Gasteiger partial charge in [-0.15, -0.1) is 11.3 Å². The number of amides is 1. The van der Waals surface area contributed by atoms with Crippen LogP contribution in [0.5, 0.6) is 0 Å². The summed E-state index contributed by atoms with van der Waals surface area (Å²) >= 11 is 1.75. The van der Waals surface area contributed by atoms with Crippen molar-refractivity contribution in [1.29, 1.82) is 0 Å². The fourth-order valence-corrected chi connectivity index (χ4v) is 6.60. The first-order valence-corrected chi connectivity index (χ1v) is 12.1. The standard InChI is InChI=1S/C21H28N2O3S2/c1-5-18-17-11-13-27-19(17)10-12-23(18)21(24)16-9-8-15(4)20(14-16)28(25,26)22(6-2)7-3/h8-9,11,13-14,18H,5-7,10,12H2,1-4H3/t18-/m0/s1. The van der Waals surface area contributed by atoms with Gasteiger partial charge in [0.2, 0.25) is 10.0 Å². The van der Waals surface area contributed by atoms with E-state index in [9.17, 15) is 13.2 Å². The molecule has 0 unspecified atom stereocenters. The molecule has 1 aliphatic heterocycles. The molecule has 1 aromatic carbocycles. The number of nitrogens with zero attached hydrogens (tertiary/aromatic N) is 2. The Kier molecular flexibility index (Phi) is 6.27. The number of aryl methyl sites for hydroxylation is 1. The van der Waals surface area contributed by atoms with Crippen LogP contribution in [0.25, 0.3) is 0 Å². The first kappa shape index (κ1) is 21.0. The van der Waals surface area contributed by atoms with Crippen molar-refractivity contribution >= 4 is 27.3 Å². The average Bonchev–Trinajstić information content (AvgIpc) is 3.16. The molecule has 0 spiro atoms. The fourth-order valence-electron chi connectivity index (χ4n) is 3.96. The molecule has 0 fully saturated rings. The molecular weight excluding hydrogens is 392 g/mol. The second kappa shape index (κ2) is 8.35. The Labute approximate surface area is 172 Å². The molecule has 7 heteroatoms. The van der Waals surface area contributed by atoms with E-state index in [-0.39, 0.29) is 16.8 Å². The van der Waals surface area contributed by atoms with E-state index >= 15 is 0 Å². The number of hydrogen-bond acceptors (Lipinski definition) is 4. The molecule has 0 N–H and O–H groups in total. The molecule has 2 aromatic rings. The largest absolute Gasteiger partial charge is 0.331 e. The Morgan fingerprint density at radius 1 is 1.21 bits per heavy atom. The van der Waals surface area contributed by atoms with Crippen LogP contribution in [0.15, 0.2) is 34.5 Å². The molecule has 5 nitrogen and oxygen atoms in total. The van der Waals surface area contributed by atoms with Gasteiger partial charge in [0.15, 0.2) is 0 Å². The van der Waals surface area contributed by atoms with E-state index in [1.807, 2.05) is 18.7 Å². The summed E-state index contributed by atoms with van der Waals surface area (Å²) in [5.74, 6) is -0.0975. The maximum atomic E-state index is 13.3. The Bertz CT molecular complexity index is 962. The van der Waals surface area contributed by atoms with Gasteiger partial charge in [-0.1, -0.05) is 26.8 Å². The van der Waals surface area contributed by atoms with Gasteiger partial charge in [-0.2, -0.15) is 4.31 Å². The highest BCUT2D eigenvalue weighted by molar-refractivity contribution is 7.89. The summed E-state index contributed by atoms with van der Waals surface area (Å²) in [6, 6.07) is 7.20. The minimum absolute atomic E-state index is 0.0478. The first-order chi connectivity index (χ1) is 13.3. The van der Waals surface area contributed by atoms with Crippen molar-refractivity contribution < 1.29 is 13.2 Å². The summed E-state index contributed by atoms with van der Waals surface area (Å²) in [6.45, 7) is 8.98. The first-order valence-electron chi connectivity index (χ1n) is 9.83. The number of thiophene rings is 1. The number of fused-ring (bicyclic) bond motifs is 1. The molecule has 0 saturated carbocycles. The number of rotatable bonds is 6. The van der Waals surface area contributed by atoms with E-state index in [1.54, 1.807) is 36.5 Å². The third-order valence-corrected chi connectivity index (χ3v) is 8.69. The SMILES string of the molecule is CC[C@H]1c2ccsc2CCN1C(=O)c1ccc(C)c(S(=O)(=O)N(CC)CC)c1. The second-order valence-electron chi connectivity index (χ2n) is 7.04. The van der Waals surface area contributed by atoms with E-state index in [0.717, 1.165) is 12.8 Å². The van der Waals surface area contributed by atoms with Gasteiger partial charge < -0.3 is 4.90 Å². The maximum absolute atomic E-state index is 13.3. The van der Waals surface area contributed by atoms with E-state index in [4.69, 9.17) is 0 Å². The molecule has 1 aliphatic rings. The summed E-state index contributed by atoms with van der Waals surface area (Å²) in [4.78, 5) is 16.8. The predicted octanol–water partition coefficient (Wildman–Crippen LogP) is 4.24. The highest BCUT2D eigenvalue weighted by Gasteiger charge is 2.32. The minimum atomic E-state index is -3.61. The zero-order valence-electron chi connectivity index (χ0n) is 16.9. The van der Waals surface area contributed by atoms with Gasteiger partial charge in [0, 0.05) is 30.1 Å². The topological polar surface area (TPSA) is 57.7 Å². The summed E-state index contributed by atoms with van der Waals surface area (Å²) in [5.41, 5.74) is 2.33. The molecule has 0 radical (unpaired) electrons. The summed E-state index contributed by atoms with van der Waals surface area (Å²) in [6.07, 6.45) is 1.69. The predicted molar refractivity (Wildman–Crippen MR) is 113 cm³/mol. The Morgan fingerprint density at radius 2 is 1.93 bits per heavy atom. The van der Waals surface area contributed by atoms with Crippen LogP contribution in [0.2, 0.25) is 0 Å². The number of benzene rings is 1. The molecule has 152 valence electrons. The van der Waals surface area contributed by atoms with Gasteiger partial charge in [-0.3, -0.25) is 4.79 Å². The lowest BCUT2D eigenvalue weighted by atomic mass is 9.96. The molecule has 1 atom stereocenters. The molecule has 0 bridgehead atoms. The van der Waals surface area contributed by atoms with Crippen molar-refractivity contribution in [3.63, 3.8) is 0 Å².